The van der Waals surface area contributed by atoms with Crippen molar-refractivity contribution in [1.29, 1.82) is 0 Å². The van der Waals surface area contributed by atoms with Crippen LogP contribution in [-0.2, 0) is 11.8 Å². The second kappa shape index (κ2) is 5.26. The normalized spacial score (nSPS) is 10.8. The average molecular weight is 215 g/mol. The van der Waals surface area contributed by atoms with E-state index in [9.17, 15) is 0 Å². The second-order valence-corrected chi connectivity index (χ2v) is 4.21. The number of thioether (sulfide) groups is 1. The molecule has 0 aliphatic rings. The Morgan fingerprint density at radius 2 is 2.29 bits per heavy atom. The summed E-state index contributed by atoms with van der Waals surface area (Å²) in [6.07, 6.45) is 1.03. The Bertz CT molecular complexity index is 298. The van der Waals surface area contributed by atoms with Crippen molar-refractivity contribution < 1.29 is 4.74 Å². The molecule has 1 aromatic rings. The third-order valence-electron chi connectivity index (χ3n) is 1.95. The number of nitrogens with zero attached hydrogens (tertiary/aromatic N) is 2. The lowest BCUT2D eigenvalue weighted by Gasteiger charge is -2.02. The average Bonchev–Trinajstić information content (AvgIpc) is 2.38. The first kappa shape index (κ1) is 11.4. The van der Waals surface area contributed by atoms with Gasteiger partial charge in [-0.1, -0.05) is 0 Å². The number of hydrogen-bond acceptors (Lipinski definition) is 4. The first-order chi connectivity index (χ1) is 6.66. The molecule has 80 valence electrons. The molecule has 4 nitrogen and oxygen atoms in total. The smallest absolute Gasteiger partial charge is 0.117 e. The Morgan fingerprint density at radius 3 is 2.79 bits per heavy atom. The van der Waals surface area contributed by atoms with Crippen LogP contribution in [0.25, 0.3) is 0 Å². The van der Waals surface area contributed by atoms with Crippen molar-refractivity contribution in [3.63, 3.8) is 0 Å². The summed E-state index contributed by atoms with van der Waals surface area (Å²) in [4.78, 5) is 0. The highest BCUT2D eigenvalue weighted by atomic mass is 32.2. The van der Waals surface area contributed by atoms with E-state index in [2.05, 4.69) is 5.10 Å². The highest BCUT2D eigenvalue weighted by molar-refractivity contribution is 7.99. The molecule has 0 amide bonds. The van der Waals surface area contributed by atoms with Crippen LogP contribution >= 0.6 is 11.8 Å². The van der Waals surface area contributed by atoms with Gasteiger partial charge < -0.3 is 10.5 Å². The van der Waals surface area contributed by atoms with Gasteiger partial charge in [-0.05, 0) is 13.3 Å². The largest absolute Gasteiger partial charge is 0.395 e. The zero-order valence-electron chi connectivity index (χ0n) is 8.91. The zero-order valence-corrected chi connectivity index (χ0v) is 9.73. The van der Waals surface area contributed by atoms with Gasteiger partial charge in [0.2, 0.25) is 0 Å². The molecule has 0 aliphatic carbocycles. The van der Waals surface area contributed by atoms with E-state index in [0.29, 0.717) is 0 Å². The van der Waals surface area contributed by atoms with Gasteiger partial charge in [-0.15, -0.1) is 11.8 Å². The minimum atomic E-state index is 0.795. The van der Waals surface area contributed by atoms with E-state index in [1.165, 1.54) is 0 Å². The number of methoxy groups -OCH3 is 1. The van der Waals surface area contributed by atoms with Crippen molar-refractivity contribution in [2.24, 2.45) is 7.05 Å². The van der Waals surface area contributed by atoms with Gasteiger partial charge in [-0.3, -0.25) is 4.68 Å². The number of anilines is 1. The van der Waals surface area contributed by atoms with Crippen molar-refractivity contribution in [3.8, 4) is 0 Å². The van der Waals surface area contributed by atoms with E-state index in [-0.39, 0.29) is 0 Å². The van der Waals surface area contributed by atoms with Crippen LogP contribution in [0.1, 0.15) is 12.1 Å². The summed E-state index contributed by atoms with van der Waals surface area (Å²) >= 11 is 1.73. The van der Waals surface area contributed by atoms with Crippen LogP contribution in [0.15, 0.2) is 5.03 Å². The lowest BCUT2D eigenvalue weighted by atomic mass is 10.4. The predicted octanol–water partition coefficient (Wildman–Crippen LogP) is 1.44. The van der Waals surface area contributed by atoms with Crippen molar-refractivity contribution in [3.05, 3.63) is 5.69 Å². The van der Waals surface area contributed by atoms with Crippen molar-refractivity contribution in [2.45, 2.75) is 18.4 Å². The van der Waals surface area contributed by atoms with E-state index >= 15 is 0 Å². The molecular weight excluding hydrogens is 198 g/mol. The molecule has 0 fully saturated rings. The van der Waals surface area contributed by atoms with E-state index in [1.54, 1.807) is 18.9 Å². The fourth-order valence-corrected chi connectivity index (χ4v) is 2.18. The van der Waals surface area contributed by atoms with Crippen LogP contribution in [0.5, 0.6) is 0 Å². The van der Waals surface area contributed by atoms with E-state index in [4.69, 9.17) is 10.5 Å². The minimum absolute atomic E-state index is 0.795. The Balaban J connectivity index is 2.49. The lowest BCUT2D eigenvalue weighted by Crippen LogP contribution is -1.96. The molecule has 1 heterocycles. The maximum Gasteiger partial charge on any atom is 0.117 e. The molecule has 0 bridgehead atoms. The molecule has 5 heteroatoms. The monoisotopic (exact) mass is 215 g/mol. The van der Waals surface area contributed by atoms with Crippen LogP contribution < -0.4 is 5.73 Å². The Hall–Kier alpha value is -0.680. The molecule has 0 saturated heterocycles. The Morgan fingerprint density at radius 1 is 1.57 bits per heavy atom. The van der Waals surface area contributed by atoms with Gasteiger partial charge in [0.15, 0.2) is 0 Å². The molecule has 0 unspecified atom stereocenters. The standard InChI is InChI=1S/C9H17N3OS/c1-7-8(10)9(12(2)11-7)14-6-4-5-13-3/h4-6,10H2,1-3H3. The second-order valence-electron chi connectivity index (χ2n) is 3.12. The van der Waals surface area contributed by atoms with Crippen LogP contribution in [0.2, 0.25) is 0 Å². The number of hydrogen-bond donors (Lipinski definition) is 1. The molecule has 1 rings (SSSR count). The fourth-order valence-electron chi connectivity index (χ4n) is 1.20. The lowest BCUT2D eigenvalue weighted by molar-refractivity contribution is 0.200. The molecule has 1 aromatic heterocycles. The van der Waals surface area contributed by atoms with Crippen molar-refractivity contribution in [1.82, 2.24) is 9.78 Å². The van der Waals surface area contributed by atoms with Gasteiger partial charge >= 0.3 is 0 Å². The SMILES string of the molecule is COCCCSc1c(N)c(C)nn1C. The van der Waals surface area contributed by atoms with Crippen molar-refractivity contribution >= 4 is 17.4 Å². The van der Waals surface area contributed by atoms with Crippen LogP contribution in [0, 0.1) is 6.92 Å². The van der Waals surface area contributed by atoms with Gasteiger partial charge in [0, 0.05) is 26.5 Å². The Labute approximate surface area is 88.8 Å². The van der Waals surface area contributed by atoms with Crippen LogP contribution in [0.4, 0.5) is 5.69 Å². The van der Waals surface area contributed by atoms with Crippen LogP contribution in [-0.4, -0.2) is 29.3 Å². The summed E-state index contributed by atoms with van der Waals surface area (Å²) < 4.78 is 6.81. The molecular formula is C9H17N3OS. The van der Waals surface area contributed by atoms with Gasteiger partial charge in [0.05, 0.1) is 11.4 Å². The molecule has 0 aliphatic heterocycles. The maximum atomic E-state index is 5.88. The quantitative estimate of drug-likeness (QED) is 0.596. The fraction of sp³-hybridized carbons (Fsp3) is 0.667. The summed E-state index contributed by atoms with van der Waals surface area (Å²) in [6, 6.07) is 0. The number of nitrogens with two attached hydrogens (primary N) is 1. The summed E-state index contributed by atoms with van der Waals surface area (Å²) in [5.74, 6) is 1.01. The van der Waals surface area contributed by atoms with Crippen molar-refractivity contribution in [2.75, 3.05) is 25.2 Å². The highest BCUT2D eigenvalue weighted by Crippen LogP contribution is 2.27. The first-order valence-electron chi connectivity index (χ1n) is 4.57. The molecule has 0 atom stereocenters. The molecule has 0 spiro atoms. The van der Waals surface area contributed by atoms with Crippen LogP contribution in [0.3, 0.4) is 0 Å². The van der Waals surface area contributed by atoms with Gasteiger partial charge in [0.25, 0.3) is 0 Å². The third-order valence-corrected chi connectivity index (χ3v) is 3.20. The summed E-state index contributed by atoms with van der Waals surface area (Å²) in [5, 5.41) is 5.30. The molecule has 0 radical (unpaired) electrons. The topological polar surface area (TPSA) is 53.1 Å². The minimum Gasteiger partial charge on any atom is -0.395 e. The van der Waals surface area contributed by atoms with E-state index in [0.717, 1.165) is 35.2 Å². The third kappa shape index (κ3) is 2.65. The summed E-state index contributed by atoms with van der Waals surface area (Å²) in [7, 11) is 3.63. The zero-order chi connectivity index (χ0) is 10.6. The predicted molar refractivity (Wildman–Crippen MR) is 59.6 cm³/mol. The molecule has 0 saturated carbocycles. The number of nitrogen functional groups attached to an aromatic ring is 1. The van der Waals surface area contributed by atoms with E-state index < -0.39 is 0 Å². The Kier molecular flexibility index (Phi) is 4.28. The van der Waals surface area contributed by atoms with E-state index in [1.807, 2.05) is 18.7 Å². The number of aryl methyl sites for hydroxylation is 2. The summed E-state index contributed by atoms with van der Waals surface area (Å²) in [5.41, 5.74) is 7.59. The highest BCUT2D eigenvalue weighted by Gasteiger charge is 2.09. The number of rotatable bonds is 5. The van der Waals surface area contributed by atoms with Gasteiger partial charge in [0.1, 0.15) is 5.03 Å². The van der Waals surface area contributed by atoms with Gasteiger partial charge in [-0.25, -0.2) is 0 Å². The summed E-state index contributed by atoms with van der Waals surface area (Å²) in [6.45, 7) is 2.72. The number of aromatic nitrogens is 2. The molecule has 14 heavy (non-hydrogen) atoms. The first-order valence-corrected chi connectivity index (χ1v) is 5.56. The molecule has 0 aromatic carbocycles. The number of ether oxygens (including phenoxy) is 1. The molecule has 2 N–H and O–H groups in total. The maximum absolute atomic E-state index is 5.88. The van der Waals surface area contributed by atoms with Gasteiger partial charge in [-0.2, -0.15) is 5.10 Å².